The molecule has 2 heterocycles. The molecule has 15 heavy (non-hydrogen) atoms. The lowest BCUT2D eigenvalue weighted by Crippen LogP contribution is -2.29. The summed E-state index contributed by atoms with van der Waals surface area (Å²) in [6.07, 6.45) is 4.49. The minimum Gasteiger partial charge on any atom is -0.380 e. The highest BCUT2D eigenvalue weighted by molar-refractivity contribution is 5.07. The molecule has 1 N–H and O–H groups in total. The third kappa shape index (κ3) is 2.83. The van der Waals surface area contributed by atoms with Gasteiger partial charge in [0.1, 0.15) is 0 Å². The average Bonchev–Trinajstić information content (AvgIpc) is 2.85. The third-order valence-electron chi connectivity index (χ3n) is 2.89. The summed E-state index contributed by atoms with van der Waals surface area (Å²) in [5, 5.41) is 3.54. The molecule has 2 rings (SSSR count). The van der Waals surface area contributed by atoms with Crippen LogP contribution in [-0.4, -0.2) is 23.8 Å². The van der Waals surface area contributed by atoms with Gasteiger partial charge in [0.05, 0.1) is 6.61 Å². The molecule has 0 amide bonds. The molecule has 1 fully saturated rings. The lowest BCUT2D eigenvalue weighted by atomic mass is 10.2. The molecule has 1 aromatic rings. The Bertz CT molecular complexity index is 290. The summed E-state index contributed by atoms with van der Waals surface area (Å²) in [5.74, 6) is 0. The zero-order valence-corrected chi connectivity index (χ0v) is 9.41. The van der Waals surface area contributed by atoms with Crippen molar-refractivity contribution in [3.05, 3.63) is 24.0 Å². The van der Waals surface area contributed by atoms with Gasteiger partial charge < -0.3 is 14.6 Å². The number of rotatable bonds is 5. The third-order valence-corrected chi connectivity index (χ3v) is 2.89. The van der Waals surface area contributed by atoms with E-state index in [4.69, 9.17) is 4.74 Å². The minimum atomic E-state index is 0.551. The molecule has 3 heteroatoms. The SMILES string of the molecule is CCCn1cccc1CNC1CCOC1. The molecule has 1 aromatic heterocycles. The van der Waals surface area contributed by atoms with E-state index in [1.54, 1.807) is 0 Å². The van der Waals surface area contributed by atoms with Crippen molar-refractivity contribution in [1.82, 2.24) is 9.88 Å². The van der Waals surface area contributed by atoms with E-state index in [0.29, 0.717) is 6.04 Å². The fraction of sp³-hybridized carbons (Fsp3) is 0.667. The molecule has 0 saturated carbocycles. The van der Waals surface area contributed by atoms with E-state index >= 15 is 0 Å². The van der Waals surface area contributed by atoms with E-state index in [2.05, 4.69) is 35.1 Å². The molecule has 1 aliphatic rings. The first-order valence-corrected chi connectivity index (χ1v) is 5.85. The molecule has 0 bridgehead atoms. The van der Waals surface area contributed by atoms with Crippen molar-refractivity contribution in [2.24, 2.45) is 0 Å². The zero-order chi connectivity index (χ0) is 10.5. The van der Waals surface area contributed by atoms with Crippen LogP contribution in [0.2, 0.25) is 0 Å². The molecule has 84 valence electrons. The molecule has 1 unspecified atom stereocenters. The standard InChI is InChI=1S/C12H20N2O/c1-2-6-14-7-3-4-12(14)9-13-11-5-8-15-10-11/h3-4,7,11,13H,2,5-6,8-10H2,1H3. The first-order chi connectivity index (χ1) is 7.40. The highest BCUT2D eigenvalue weighted by atomic mass is 16.5. The Balaban J connectivity index is 1.83. The van der Waals surface area contributed by atoms with Gasteiger partial charge in [0.25, 0.3) is 0 Å². The van der Waals surface area contributed by atoms with Crippen LogP contribution >= 0.6 is 0 Å². The van der Waals surface area contributed by atoms with E-state index < -0.39 is 0 Å². The molecular formula is C12H20N2O. The largest absolute Gasteiger partial charge is 0.380 e. The summed E-state index contributed by atoms with van der Waals surface area (Å²) in [5.41, 5.74) is 1.38. The first-order valence-electron chi connectivity index (χ1n) is 5.85. The number of ether oxygens (including phenoxy) is 1. The number of hydrogen-bond acceptors (Lipinski definition) is 2. The van der Waals surface area contributed by atoms with Gasteiger partial charge in [0.15, 0.2) is 0 Å². The zero-order valence-electron chi connectivity index (χ0n) is 9.41. The minimum absolute atomic E-state index is 0.551. The van der Waals surface area contributed by atoms with Crippen LogP contribution in [0.1, 0.15) is 25.5 Å². The van der Waals surface area contributed by atoms with Crippen LogP contribution in [0, 0.1) is 0 Å². The smallest absolute Gasteiger partial charge is 0.0620 e. The molecule has 0 aliphatic carbocycles. The highest BCUT2D eigenvalue weighted by Gasteiger charge is 2.14. The van der Waals surface area contributed by atoms with Crippen LogP contribution in [0.4, 0.5) is 0 Å². The number of hydrogen-bond donors (Lipinski definition) is 1. The number of nitrogens with zero attached hydrogens (tertiary/aromatic N) is 1. The normalized spacial score (nSPS) is 21.0. The van der Waals surface area contributed by atoms with Crippen molar-refractivity contribution in [3.63, 3.8) is 0 Å². The van der Waals surface area contributed by atoms with E-state index in [9.17, 15) is 0 Å². The Labute approximate surface area is 91.4 Å². The van der Waals surface area contributed by atoms with Crippen LogP contribution in [0.15, 0.2) is 18.3 Å². The van der Waals surface area contributed by atoms with Crippen molar-refractivity contribution >= 4 is 0 Å². The Hall–Kier alpha value is -0.800. The van der Waals surface area contributed by atoms with Crippen molar-refractivity contribution < 1.29 is 4.74 Å². The fourth-order valence-corrected chi connectivity index (χ4v) is 2.01. The van der Waals surface area contributed by atoms with Crippen molar-refractivity contribution in [3.8, 4) is 0 Å². The van der Waals surface area contributed by atoms with Gasteiger partial charge in [-0.15, -0.1) is 0 Å². The summed E-state index contributed by atoms with van der Waals surface area (Å²) in [6.45, 7) is 6.07. The van der Waals surface area contributed by atoms with Gasteiger partial charge in [-0.1, -0.05) is 6.92 Å². The van der Waals surface area contributed by atoms with Crippen LogP contribution in [0.5, 0.6) is 0 Å². The maximum absolute atomic E-state index is 5.34. The van der Waals surface area contributed by atoms with E-state index in [-0.39, 0.29) is 0 Å². The quantitative estimate of drug-likeness (QED) is 0.798. The summed E-state index contributed by atoms with van der Waals surface area (Å²) in [7, 11) is 0. The predicted molar refractivity (Wildman–Crippen MR) is 60.8 cm³/mol. The monoisotopic (exact) mass is 208 g/mol. The summed E-state index contributed by atoms with van der Waals surface area (Å²) >= 11 is 0. The fourth-order valence-electron chi connectivity index (χ4n) is 2.01. The molecule has 1 saturated heterocycles. The molecule has 1 atom stereocenters. The highest BCUT2D eigenvalue weighted by Crippen LogP contribution is 2.07. The maximum atomic E-state index is 5.34. The summed E-state index contributed by atoms with van der Waals surface area (Å²) in [4.78, 5) is 0. The lowest BCUT2D eigenvalue weighted by Gasteiger charge is -2.12. The van der Waals surface area contributed by atoms with E-state index in [0.717, 1.165) is 32.7 Å². The molecule has 3 nitrogen and oxygen atoms in total. The average molecular weight is 208 g/mol. The Morgan fingerprint density at radius 1 is 1.60 bits per heavy atom. The second-order valence-electron chi connectivity index (χ2n) is 4.13. The molecular weight excluding hydrogens is 188 g/mol. The second-order valence-corrected chi connectivity index (χ2v) is 4.13. The van der Waals surface area contributed by atoms with Gasteiger partial charge in [-0.25, -0.2) is 0 Å². The predicted octanol–water partition coefficient (Wildman–Crippen LogP) is 1.78. The van der Waals surface area contributed by atoms with Crippen molar-refractivity contribution in [2.75, 3.05) is 13.2 Å². The number of nitrogens with one attached hydrogen (secondary N) is 1. The van der Waals surface area contributed by atoms with Gasteiger partial charge in [-0.05, 0) is 25.0 Å². The summed E-state index contributed by atoms with van der Waals surface area (Å²) < 4.78 is 7.66. The van der Waals surface area contributed by atoms with Crippen LogP contribution in [0.3, 0.4) is 0 Å². The van der Waals surface area contributed by atoms with Gasteiger partial charge in [0.2, 0.25) is 0 Å². The van der Waals surface area contributed by atoms with Crippen LogP contribution < -0.4 is 5.32 Å². The maximum Gasteiger partial charge on any atom is 0.0620 e. The van der Waals surface area contributed by atoms with Crippen molar-refractivity contribution in [2.45, 2.75) is 38.9 Å². The summed E-state index contributed by atoms with van der Waals surface area (Å²) in [6, 6.07) is 4.87. The first kappa shape index (κ1) is 10.7. The topological polar surface area (TPSA) is 26.2 Å². The Morgan fingerprint density at radius 3 is 3.27 bits per heavy atom. The molecule has 1 aliphatic heterocycles. The Kier molecular flexibility index (Phi) is 3.80. The number of aryl methyl sites for hydroxylation is 1. The van der Waals surface area contributed by atoms with Gasteiger partial charge >= 0.3 is 0 Å². The van der Waals surface area contributed by atoms with Crippen LogP contribution in [-0.2, 0) is 17.8 Å². The van der Waals surface area contributed by atoms with Gasteiger partial charge in [0, 0.05) is 37.6 Å². The van der Waals surface area contributed by atoms with Crippen molar-refractivity contribution in [1.29, 1.82) is 0 Å². The van der Waals surface area contributed by atoms with Crippen LogP contribution in [0.25, 0.3) is 0 Å². The molecule has 0 aromatic carbocycles. The number of aromatic nitrogens is 1. The second kappa shape index (κ2) is 5.33. The van der Waals surface area contributed by atoms with E-state index in [1.807, 2.05) is 0 Å². The van der Waals surface area contributed by atoms with Gasteiger partial charge in [-0.2, -0.15) is 0 Å². The van der Waals surface area contributed by atoms with E-state index in [1.165, 1.54) is 12.1 Å². The van der Waals surface area contributed by atoms with Gasteiger partial charge in [-0.3, -0.25) is 0 Å². The lowest BCUT2D eigenvalue weighted by molar-refractivity contribution is 0.189. The Morgan fingerprint density at radius 2 is 2.53 bits per heavy atom. The molecule has 0 spiro atoms. The molecule has 0 radical (unpaired) electrons.